The van der Waals surface area contributed by atoms with Crippen molar-refractivity contribution >= 4 is 5.96 Å². The van der Waals surface area contributed by atoms with Crippen LogP contribution in [0.25, 0.3) is 0 Å². The Bertz CT molecular complexity index is 557. The average Bonchev–Trinajstić information content (AvgIpc) is 2.64. The van der Waals surface area contributed by atoms with Crippen LogP contribution in [0.1, 0.15) is 24.8 Å². The lowest BCUT2D eigenvalue weighted by molar-refractivity contribution is 0.0823. The summed E-state index contributed by atoms with van der Waals surface area (Å²) in [6.07, 6.45) is 2.64. The number of hydrogen-bond donors (Lipinski definition) is 3. The van der Waals surface area contributed by atoms with Gasteiger partial charge in [-0.15, -0.1) is 0 Å². The molecule has 0 spiro atoms. The molecule has 4 N–H and O–H groups in total. The first-order chi connectivity index (χ1) is 12.1. The first-order valence-corrected chi connectivity index (χ1v) is 8.77. The zero-order chi connectivity index (χ0) is 18.1. The number of benzene rings is 1. The molecule has 0 aliphatic carbocycles. The number of likely N-dealkylation sites (tertiary alicyclic amines) is 1. The molecule has 2 rings (SSSR count). The second-order valence-electron chi connectivity index (χ2n) is 6.24. The number of methoxy groups -OCH3 is 2. The maximum atomic E-state index is 9.50. The summed E-state index contributed by atoms with van der Waals surface area (Å²) in [5.74, 6) is 1.84. The molecule has 0 atom stereocenters. The van der Waals surface area contributed by atoms with E-state index in [0.29, 0.717) is 24.0 Å². The van der Waals surface area contributed by atoms with Crippen molar-refractivity contribution in [2.75, 3.05) is 40.4 Å². The van der Waals surface area contributed by atoms with Gasteiger partial charge in [0.25, 0.3) is 0 Å². The molecule has 0 radical (unpaired) electrons. The van der Waals surface area contributed by atoms with E-state index in [1.165, 1.54) is 0 Å². The Labute approximate surface area is 149 Å². The molecule has 1 aromatic rings. The Hall–Kier alpha value is -1.99. The topological polar surface area (TPSA) is 92.3 Å². The van der Waals surface area contributed by atoms with Gasteiger partial charge in [-0.1, -0.05) is 6.07 Å². The van der Waals surface area contributed by atoms with Crippen LogP contribution in [0, 0.1) is 0 Å². The number of piperidine rings is 1. The monoisotopic (exact) mass is 350 g/mol. The van der Waals surface area contributed by atoms with Gasteiger partial charge in [-0.05, 0) is 43.5 Å². The van der Waals surface area contributed by atoms with Crippen molar-refractivity contribution in [3.63, 3.8) is 0 Å². The molecule has 1 aliphatic heterocycles. The van der Waals surface area contributed by atoms with Gasteiger partial charge in [0.2, 0.25) is 0 Å². The van der Waals surface area contributed by atoms with Crippen LogP contribution in [0.3, 0.4) is 0 Å². The van der Waals surface area contributed by atoms with Crippen molar-refractivity contribution < 1.29 is 14.6 Å². The van der Waals surface area contributed by atoms with Crippen LogP contribution in [0.4, 0.5) is 0 Å². The van der Waals surface area contributed by atoms with Crippen molar-refractivity contribution in [2.45, 2.75) is 31.9 Å². The van der Waals surface area contributed by atoms with Crippen molar-refractivity contribution in [2.24, 2.45) is 10.7 Å². The summed E-state index contributed by atoms with van der Waals surface area (Å²) in [5.41, 5.74) is 6.93. The van der Waals surface area contributed by atoms with Gasteiger partial charge < -0.3 is 30.5 Å². The highest BCUT2D eigenvalue weighted by Crippen LogP contribution is 2.27. The predicted octanol–water partition coefficient (Wildman–Crippen LogP) is 0.955. The summed E-state index contributed by atoms with van der Waals surface area (Å²) in [5, 5.41) is 12.6. The molecule has 1 aliphatic rings. The van der Waals surface area contributed by atoms with Gasteiger partial charge in [0.1, 0.15) is 0 Å². The molecule has 0 unspecified atom stereocenters. The molecule has 1 heterocycles. The number of aliphatic hydroxyl groups excluding tert-OH is 1. The largest absolute Gasteiger partial charge is 0.493 e. The molecular weight excluding hydrogens is 320 g/mol. The molecule has 1 fully saturated rings. The van der Waals surface area contributed by atoms with Gasteiger partial charge in [-0.2, -0.15) is 0 Å². The zero-order valence-corrected chi connectivity index (χ0v) is 15.2. The van der Waals surface area contributed by atoms with Crippen LogP contribution in [0.2, 0.25) is 0 Å². The second-order valence-corrected chi connectivity index (χ2v) is 6.24. The van der Waals surface area contributed by atoms with Crippen molar-refractivity contribution in [1.82, 2.24) is 10.2 Å². The van der Waals surface area contributed by atoms with E-state index in [1.54, 1.807) is 14.2 Å². The Balaban J connectivity index is 1.69. The lowest BCUT2D eigenvalue weighted by atomic mass is 10.1. The Kier molecular flexibility index (Phi) is 7.81. The molecule has 0 saturated carbocycles. The summed E-state index contributed by atoms with van der Waals surface area (Å²) in [4.78, 5) is 6.74. The number of guanidine groups is 1. The Morgan fingerprint density at radius 1 is 1.28 bits per heavy atom. The molecule has 7 heteroatoms. The number of rotatable bonds is 8. The number of aliphatic hydroxyl groups is 1. The maximum Gasteiger partial charge on any atom is 0.188 e. The van der Waals surface area contributed by atoms with Crippen molar-refractivity contribution in [3.8, 4) is 11.5 Å². The Morgan fingerprint density at radius 2 is 2.00 bits per heavy atom. The quantitative estimate of drug-likeness (QED) is 0.367. The molecule has 7 nitrogen and oxygen atoms in total. The fourth-order valence-corrected chi connectivity index (χ4v) is 2.87. The second kappa shape index (κ2) is 10.1. The molecule has 25 heavy (non-hydrogen) atoms. The normalized spacial score (nSPS) is 16.7. The van der Waals surface area contributed by atoms with E-state index >= 15 is 0 Å². The molecule has 140 valence electrons. The minimum absolute atomic E-state index is 0.117. The van der Waals surface area contributed by atoms with E-state index in [0.717, 1.165) is 51.0 Å². The van der Waals surface area contributed by atoms with Crippen LogP contribution in [-0.4, -0.2) is 62.5 Å². The van der Waals surface area contributed by atoms with E-state index in [4.69, 9.17) is 15.2 Å². The van der Waals surface area contributed by atoms with E-state index in [-0.39, 0.29) is 6.10 Å². The number of ether oxygens (including phenoxy) is 2. The fraction of sp³-hybridized carbons (Fsp3) is 0.611. The highest BCUT2D eigenvalue weighted by molar-refractivity contribution is 5.77. The molecule has 0 aromatic heterocycles. The highest BCUT2D eigenvalue weighted by atomic mass is 16.5. The lowest BCUT2D eigenvalue weighted by Crippen LogP contribution is -2.38. The van der Waals surface area contributed by atoms with Crippen molar-refractivity contribution in [3.05, 3.63) is 23.8 Å². The van der Waals surface area contributed by atoms with Gasteiger partial charge in [0.05, 0.1) is 26.9 Å². The predicted molar refractivity (Wildman–Crippen MR) is 99.2 cm³/mol. The van der Waals surface area contributed by atoms with Gasteiger partial charge in [0.15, 0.2) is 17.5 Å². The van der Waals surface area contributed by atoms with E-state index in [9.17, 15) is 5.11 Å². The van der Waals surface area contributed by atoms with Gasteiger partial charge in [-0.3, -0.25) is 0 Å². The molecule has 0 amide bonds. The first-order valence-electron chi connectivity index (χ1n) is 8.77. The van der Waals surface area contributed by atoms with Gasteiger partial charge in [-0.25, -0.2) is 4.99 Å². The van der Waals surface area contributed by atoms with Crippen LogP contribution in [0.5, 0.6) is 11.5 Å². The third-order valence-corrected chi connectivity index (χ3v) is 4.39. The third kappa shape index (κ3) is 6.43. The smallest absolute Gasteiger partial charge is 0.188 e. The lowest BCUT2D eigenvalue weighted by Gasteiger charge is -2.29. The van der Waals surface area contributed by atoms with Crippen LogP contribution in [0.15, 0.2) is 23.2 Å². The van der Waals surface area contributed by atoms with E-state index in [2.05, 4.69) is 15.2 Å². The molecule has 1 saturated heterocycles. The SMILES string of the molecule is COc1ccc(CN=C(N)NCCCN2CCC(O)CC2)cc1OC. The number of aliphatic imine (C=N–C) groups is 1. The zero-order valence-electron chi connectivity index (χ0n) is 15.2. The summed E-state index contributed by atoms with van der Waals surface area (Å²) in [6.45, 7) is 4.25. The minimum atomic E-state index is -0.117. The van der Waals surface area contributed by atoms with Gasteiger partial charge >= 0.3 is 0 Å². The van der Waals surface area contributed by atoms with Crippen LogP contribution >= 0.6 is 0 Å². The van der Waals surface area contributed by atoms with Crippen molar-refractivity contribution in [1.29, 1.82) is 0 Å². The molecular formula is C18H30N4O3. The third-order valence-electron chi connectivity index (χ3n) is 4.39. The Morgan fingerprint density at radius 3 is 2.68 bits per heavy atom. The highest BCUT2D eigenvalue weighted by Gasteiger charge is 2.15. The number of nitrogens with two attached hydrogens (primary N) is 1. The summed E-state index contributed by atoms with van der Waals surface area (Å²) in [6, 6.07) is 5.71. The van der Waals surface area contributed by atoms with Crippen LogP contribution in [-0.2, 0) is 6.54 Å². The van der Waals surface area contributed by atoms with Crippen LogP contribution < -0.4 is 20.5 Å². The maximum absolute atomic E-state index is 9.50. The summed E-state index contributed by atoms with van der Waals surface area (Å²) >= 11 is 0. The fourth-order valence-electron chi connectivity index (χ4n) is 2.87. The van der Waals surface area contributed by atoms with Gasteiger partial charge in [0, 0.05) is 19.6 Å². The number of nitrogens with one attached hydrogen (secondary N) is 1. The summed E-state index contributed by atoms with van der Waals surface area (Å²) in [7, 11) is 3.23. The first kappa shape index (κ1) is 19.3. The number of nitrogens with zero attached hydrogens (tertiary/aromatic N) is 2. The average molecular weight is 350 g/mol. The standard InChI is InChI=1S/C18H30N4O3/c1-24-16-5-4-14(12-17(16)25-2)13-21-18(19)20-8-3-9-22-10-6-15(23)7-11-22/h4-5,12,15,23H,3,6-11,13H2,1-2H3,(H3,19,20,21). The number of hydrogen-bond acceptors (Lipinski definition) is 5. The molecule has 1 aromatic carbocycles. The summed E-state index contributed by atoms with van der Waals surface area (Å²) < 4.78 is 10.5. The molecule has 0 bridgehead atoms. The van der Waals surface area contributed by atoms with E-state index < -0.39 is 0 Å². The minimum Gasteiger partial charge on any atom is -0.493 e. The van der Waals surface area contributed by atoms with E-state index in [1.807, 2.05) is 18.2 Å².